The van der Waals surface area contributed by atoms with Gasteiger partial charge >= 0.3 is 16.8 Å². The molecule has 8 heteroatoms. The standard InChI is InChI=1S/C25H25N5.2ClH.Co/c1-3-16-29-22-14-7-5-10-18(22)27-24(29)20-12-9-13-21(26-20)25-28-19-11-6-8-15-23(19)30(25)17-4-2;;;/h5-15H,3-4,16-17H2,1-2H3;2*1H;/q;;;+2/p-2. The number of benzene rings is 2. The first-order valence-corrected chi connectivity index (χ1v) is 10.7. The Kier molecular flexibility index (Phi) is 9.49. The first kappa shape index (κ1) is 26.9. The number of aromatic nitrogens is 5. The molecule has 0 saturated heterocycles. The average Bonchev–Trinajstić information content (AvgIpc) is 3.34. The van der Waals surface area contributed by atoms with Crippen LogP contribution in [0.3, 0.4) is 0 Å². The van der Waals surface area contributed by atoms with E-state index >= 15 is 0 Å². The minimum Gasteiger partial charge on any atom is -1.00 e. The van der Waals surface area contributed by atoms with Gasteiger partial charge in [-0.2, -0.15) is 0 Å². The van der Waals surface area contributed by atoms with E-state index in [-0.39, 0.29) is 41.6 Å². The van der Waals surface area contributed by atoms with Crippen LogP contribution in [0.15, 0.2) is 66.7 Å². The van der Waals surface area contributed by atoms with Gasteiger partial charge in [0.15, 0.2) is 11.6 Å². The maximum absolute atomic E-state index is 5.02. The van der Waals surface area contributed by atoms with E-state index in [9.17, 15) is 0 Å². The summed E-state index contributed by atoms with van der Waals surface area (Å²) < 4.78 is 4.55. The van der Waals surface area contributed by atoms with Gasteiger partial charge in [0.05, 0.1) is 22.1 Å². The molecule has 3 aromatic heterocycles. The number of pyridine rings is 1. The number of halogens is 2. The number of fused-ring (bicyclic) bond motifs is 2. The molecule has 5 aromatic rings. The SMILES string of the molecule is CCCn1c(-c2cccc(-c3nc4ccccc4n3CCC)n2)nc2ccccc21.[Cl-].[Cl-].[Co+2]. The fourth-order valence-electron chi connectivity index (χ4n) is 4.13. The van der Waals surface area contributed by atoms with Gasteiger partial charge in [-0.05, 0) is 49.2 Å². The van der Waals surface area contributed by atoms with Crippen LogP contribution >= 0.6 is 0 Å². The third-order valence-electron chi connectivity index (χ3n) is 5.41. The van der Waals surface area contributed by atoms with E-state index in [1.54, 1.807) is 0 Å². The summed E-state index contributed by atoms with van der Waals surface area (Å²) in [5.74, 6) is 1.83. The van der Waals surface area contributed by atoms with Gasteiger partial charge in [0.1, 0.15) is 11.4 Å². The van der Waals surface area contributed by atoms with E-state index in [1.165, 1.54) is 0 Å². The Bertz CT molecular complexity index is 1250. The summed E-state index contributed by atoms with van der Waals surface area (Å²) in [6, 6.07) is 22.7. The van der Waals surface area contributed by atoms with Crippen LogP contribution in [-0.2, 0) is 29.9 Å². The fraction of sp³-hybridized carbons (Fsp3) is 0.240. The quantitative estimate of drug-likeness (QED) is 0.313. The van der Waals surface area contributed by atoms with E-state index < -0.39 is 0 Å². The van der Waals surface area contributed by atoms with Crippen molar-refractivity contribution in [3.05, 3.63) is 66.7 Å². The molecule has 5 rings (SSSR count). The predicted molar refractivity (Wildman–Crippen MR) is 122 cm³/mol. The van der Waals surface area contributed by atoms with Gasteiger partial charge in [-0.1, -0.05) is 44.2 Å². The van der Waals surface area contributed by atoms with Crippen LogP contribution in [0.1, 0.15) is 26.7 Å². The molecule has 0 N–H and O–H groups in total. The van der Waals surface area contributed by atoms with Gasteiger partial charge in [-0.25, -0.2) is 15.0 Å². The summed E-state index contributed by atoms with van der Waals surface area (Å²) in [4.78, 5) is 14.8. The number of para-hydroxylation sites is 4. The van der Waals surface area contributed by atoms with E-state index in [1.807, 2.05) is 24.3 Å². The number of rotatable bonds is 6. The molecule has 173 valence electrons. The minimum atomic E-state index is 0. The summed E-state index contributed by atoms with van der Waals surface area (Å²) in [6.45, 7) is 6.21. The topological polar surface area (TPSA) is 48.5 Å². The molecule has 0 aliphatic rings. The second-order valence-corrected chi connectivity index (χ2v) is 7.56. The van der Waals surface area contributed by atoms with E-state index in [4.69, 9.17) is 15.0 Å². The zero-order valence-electron chi connectivity index (χ0n) is 18.5. The van der Waals surface area contributed by atoms with Crippen LogP contribution in [0.5, 0.6) is 0 Å². The van der Waals surface area contributed by atoms with Crippen LogP contribution in [0, 0.1) is 0 Å². The Morgan fingerprint density at radius 3 is 1.42 bits per heavy atom. The molecule has 0 spiro atoms. The molecule has 5 nitrogen and oxygen atoms in total. The average molecular weight is 525 g/mol. The summed E-state index contributed by atoms with van der Waals surface area (Å²) >= 11 is 0. The van der Waals surface area contributed by atoms with Crippen molar-refractivity contribution in [1.82, 2.24) is 24.1 Å². The van der Waals surface area contributed by atoms with Crippen LogP contribution in [0.2, 0.25) is 0 Å². The summed E-state index contributed by atoms with van der Waals surface area (Å²) in [5.41, 5.74) is 6.08. The Hall–Kier alpha value is -2.38. The van der Waals surface area contributed by atoms with Crippen molar-refractivity contribution in [1.29, 1.82) is 0 Å². The number of nitrogens with zero attached hydrogens (tertiary/aromatic N) is 5. The molecule has 0 bridgehead atoms. The Balaban J connectivity index is 0.00000128. The van der Waals surface area contributed by atoms with E-state index in [0.29, 0.717) is 0 Å². The maximum Gasteiger partial charge on any atom is 2.00 e. The number of imidazole rings is 2. The van der Waals surface area contributed by atoms with Crippen LogP contribution in [0.25, 0.3) is 45.1 Å². The van der Waals surface area contributed by atoms with Gasteiger partial charge in [-0.3, -0.25) is 0 Å². The van der Waals surface area contributed by atoms with Gasteiger partial charge in [-0.15, -0.1) is 0 Å². The number of aryl methyl sites for hydroxylation is 2. The molecule has 0 amide bonds. The Morgan fingerprint density at radius 2 is 1.00 bits per heavy atom. The summed E-state index contributed by atoms with van der Waals surface area (Å²) in [6.07, 6.45) is 2.08. The van der Waals surface area contributed by atoms with Crippen molar-refractivity contribution < 1.29 is 41.6 Å². The first-order valence-electron chi connectivity index (χ1n) is 10.7. The minimum absolute atomic E-state index is 0. The largest absolute Gasteiger partial charge is 2.00 e. The van der Waals surface area contributed by atoms with Gasteiger partial charge in [0.2, 0.25) is 0 Å². The van der Waals surface area contributed by atoms with Crippen molar-refractivity contribution in [3.8, 4) is 23.0 Å². The fourth-order valence-corrected chi connectivity index (χ4v) is 4.13. The molecule has 0 fully saturated rings. The predicted octanol–water partition coefficient (Wildman–Crippen LogP) is -0.0595. The smallest absolute Gasteiger partial charge is 1.00 e. The molecule has 0 aliphatic carbocycles. The molecule has 2 aromatic carbocycles. The van der Waals surface area contributed by atoms with Crippen molar-refractivity contribution in [2.45, 2.75) is 39.8 Å². The van der Waals surface area contributed by atoms with E-state index in [0.717, 1.165) is 71.0 Å². The molecule has 3 heterocycles. The van der Waals surface area contributed by atoms with Gasteiger partial charge in [0.25, 0.3) is 0 Å². The second-order valence-electron chi connectivity index (χ2n) is 7.56. The van der Waals surface area contributed by atoms with Crippen molar-refractivity contribution in [2.75, 3.05) is 0 Å². The van der Waals surface area contributed by atoms with Crippen molar-refractivity contribution >= 4 is 22.1 Å². The van der Waals surface area contributed by atoms with E-state index in [2.05, 4.69) is 65.4 Å². The van der Waals surface area contributed by atoms with Crippen LogP contribution < -0.4 is 24.8 Å². The molecule has 0 atom stereocenters. The third kappa shape index (κ3) is 4.94. The van der Waals surface area contributed by atoms with Crippen LogP contribution in [-0.4, -0.2) is 24.1 Å². The zero-order valence-corrected chi connectivity index (χ0v) is 21.1. The third-order valence-corrected chi connectivity index (χ3v) is 5.41. The normalized spacial score (nSPS) is 10.5. The molecule has 33 heavy (non-hydrogen) atoms. The monoisotopic (exact) mass is 524 g/mol. The number of hydrogen-bond acceptors (Lipinski definition) is 3. The molecule has 1 radical (unpaired) electrons. The van der Waals surface area contributed by atoms with Crippen molar-refractivity contribution in [3.63, 3.8) is 0 Å². The molecule has 0 aliphatic heterocycles. The summed E-state index contributed by atoms with van der Waals surface area (Å²) in [5, 5.41) is 0. The van der Waals surface area contributed by atoms with Crippen molar-refractivity contribution in [2.24, 2.45) is 0 Å². The summed E-state index contributed by atoms with van der Waals surface area (Å²) in [7, 11) is 0. The zero-order chi connectivity index (χ0) is 20.5. The molecule has 0 unspecified atom stereocenters. The second kappa shape index (κ2) is 11.7. The van der Waals surface area contributed by atoms with Gasteiger partial charge < -0.3 is 33.9 Å². The molecular weight excluding hydrogens is 500 g/mol. The van der Waals surface area contributed by atoms with Crippen LogP contribution in [0.4, 0.5) is 0 Å². The Morgan fingerprint density at radius 1 is 0.576 bits per heavy atom. The molecular formula is C25H25Cl2CoN5. The number of hydrogen-bond donors (Lipinski definition) is 0. The van der Waals surface area contributed by atoms with Gasteiger partial charge in [0, 0.05) is 13.1 Å². The Labute approximate surface area is 216 Å². The maximum atomic E-state index is 5.02. The molecule has 0 saturated carbocycles. The first-order chi connectivity index (χ1) is 14.8.